The number of halogens is 3. The lowest BCUT2D eigenvalue weighted by molar-refractivity contribution is 0.584. The molecule has 5 N–H and O–H groups in total. The van der Waals surface area contributed by atoms with Crippen molar-refractivity contribution in [3.05, 3.63) is 47.8 Å². The molecular weight excluding hydrogens is 323 g/mol. The minimum atomic E-state index is -0.778. The molecule has 10 heteroatoms. The zero-order chi connectivity index (χ0) is 17.3. The van der Waals surface area contributed by atoms with E-state index in [2.05, 4.69) is 25.3 Å². The molecule has 0 aliphatic rings. The Morgan fingerprint density at radius 3 is 2.08 bits per heavy atom. The minimum absolute atomic E-state index is 0.0371. The van der Waals surface area contributed by atoms with Crippen molar-refractivity contribution in [2.75, 3.05) is 16.8 Å². The first kappa shape index (κ1) is 15.5. The van der Waals surface area contributed by atoms with Gasteiger partial charge in [0.2, 0.25) is 11.9 Å². The van der Waals surface area contributed by atoms with E-state index < -0.39 is 17.5 Å². The quantitative estimate of drug-likeness (QED) is 0.673. The molecule has 0 bridgehead atoms. The fraction of sp³-hybridized carbons (Fsp3) is 0. The summed E-state index contributed by atoms with van der Waals surface area (Å²) in [6, 6.07) is 4.90. The third-order valence-corrected chi connectivity index (χ3v) is 2.81. The molecule has 0 aliphatic carbocycles. The second kappa shape index (κ2) is 5.99. The van der Waals surface area contributed by atoms with Gasteiger partial charge in [-0.2, -0.15) is 15.0 Å². The molecule has 24 heavy (non-hydrogen) atoms. The van der Waals surface area contributed by atoms with Gasteiger partial charge in [0.05, 0.1) is 0 Å². The Bertz CT molecular complexity index is 876. The summed E-state index contributed by atoms with van der Waals surface area (Å²) in [5.41, 5.74) is 11.2. The van der Waals surface area contributed by atoms with Crippen molar-refractivity contribution in [3.63, 3.8) is 0 Å². The molecule has 0 radical (unpaired) electrons. The van der Waals surface area contributed by atoms with Crippen LogP contribution in [0, 0.1) is 17.5 Å². The molecule has 1 aromatic carbocycles. The number of nitrogens with two attached hydrogens (primary N) is 2. The van der Waals surface area contributed by atoms with Crippen molar-refractivity contribution >= 4 is 23.4 Å². The Morgan fingerprint density at radius 2 is 1.42 bits per heavy atom. The van der Waals surface area contributed by atoms with E-state index >= 15 is 0 Å². The highest BCUT2D eigenvalue weighted by Crippen LogP contribution is 2.21. The number of nitrogens with one attached hydrogen (secondary N) is 1. The van der Waals surface area contributed by atoms with Crippen LogP contribution in [0.15, 0.2) is 30.3 Å². The minimum Gasteiger partial charge on any atom is -0.384 e. The monoisotopic (exact) mass is 333 g/mol. The number of hydrogen-bond acceptors (Lipinski definition) is 7. The molecule has 0 fully saturated rings. The SMILES string of the molecule is Nc1cc(F)cc(-c2nc(N)nc(Nc3cc(F)cc(F)c3)n2)n1. The number of nitrogens with zero attached hydrogens (tertiary/aromatic N) is 4. The maximum atomic E-state index is 13.4. The molecular formula is C14H10F3N7. The molecule has 0 saturated carbocycles. The highest BCUT2D eigenvalue weighted by molar-refractivity contribution is 5.59. The Morgan fingerprint density at radius 1 is 0.750 bits per heavy atom. The van der Waals surface area contributed by atoms with Crippen LogP contribution in [0.1, 0.15) is 0 Å². The highest BCUT2D eigenvalue weighted by atomic mass is 19.1. The van der Waals surface area contributed by atoms with Crippen molar-refractivity contribution in [1.29, 1.82) is 0 Å². The summed E-state index contributed by atoms with van der Waals surface area (Å²) in [7, 11) is 0. The van der Waals surface area contributed by atoms with Crippen LogP contribution in [0.2, 0.25) is 0 Å². The van der Waals surface area contributed by atoms with Crippen LogP contribution < -0.4 is 16.8 Å². The zero-order valence-electron chi connectivity index (χ0n) is 12.0. The molecule has 0 saturated heterocycles. The lowest BCUT2D eigenvalue weighted by Crippen LogP contribution is -2.06. The molecule has 2 aromatic heterocycles. The number of nitrogen functional groups attached to an aromatic ring is 2. The average Bonchev–Trinajstić information content (AvgIpc) is 2.44. The zero-order valence-corrected chi connectivity index (χ0v) is 12.0. The van der Waals surface area contributed by atoms with Crippen LogP contribution in [-0.4, -0.2) is 19.9 Å². The number of pyridine rings is 1. The summed E-state index contributed by atoms with van der Waals surface area (Å²) in [5.74, 6) is -2.58. The van der Waals surface area contributed by atoms with Crippen LogP contribution in [0.25, 0.3) is 11.5 Å². The van der Waals surface area contributed by atoms with E-state index in [0.29, 0.717) is 0 Å². The summed E-state index contributed by atoms with van der Waals surface area (Å²) in [6.45, 7) is 0. The summed E-state index contributed by atoms with van der Waals surface area (Å²) in [5, 5.41) is 2.59. The second-order valence-electron chi connectivity index (χ2n) is 4.72. The van der Waals surface area contributed by atoms with Crippen LogP contribution in [0.4, 0.5) is 36.6 Å². The van der Waals surface area contributed by atoms with Gasteiger partial charge in [-0.15, -0.1) is 0 Å². The summed E-state index contributed by atoms with van der Waals surface area (Å²) in [6.07, 6.45) is 0. The van der Waals surface area contributed by atoms with Gasteiger partial charge >= 0.3 is 0 Å². The second-order valence-corrected chi connectivity index (χ2v) is 4.72. The van der Waals surface area contributed by atoms with E-state index in [0.717, 1.165) is 30.3 Å². The Labute approximate surface area is 133 Å². The predicted octanol–water partition coefficient (Wildman–Crippen LogP) is 2.26. The van der Waals surface area contributed by atoms with Gasteiger partial charge in [0.1, 0.15) is 29.0 Å². The van der Waals surface area contributed by atoms with E-state index in [1.54, 1.807) is 0 Å². The first-order chi connectivity index (χ1) is 11.4. The molecule has 0 atom stereocenters. The van der Waals surface area contributed by atoms with Gasteiger partial charge < -0.3 is 16.8 Å². The van der Waals surface area contributed by atoms with Crippen molar-refractivity contribution in [2.24, 2.45) is 0 Å². The Hall–Kier alpha value is -3.43. The molecule has 0 unspecified atom stereocenters. The normalized spacial score (nSPS) is 10.6. The van der Waals surface area contributed by atoms with Crippen molar-refractivity contribution in [3.8, 4) is 11.5 Å². The molecule has 122 valence electrons. The number of hydrogen-bond donors (Lipinski definition) is 3. The predicted molar refractivity (Wildman–Crippen MR) is 81.5 cm³/mol. The lowest BCUT2D eigenvalue weighted by atomic mass is 10.3. The van der Waals surface area contributed by atoms with E-state index in [4.69, 9.17) is 11.5 Å². The molecule has 0 amide bonds. The van der Waals surface area contributed by atoms with Crippen LogP contribution in [0.5, 0.6) is 0 Å². The first-order valence-electron chi connectivity index (χ1n) is 6.57. The van der Waals surface area contributed by atoms with Gasteiger partial charge in [-0.05, 0) is 12.1 Å². The summed E-state index contributed by atoms with van der Waals surface area (Å²) < 4.78 is 39.9. The van der Waals surface area contributed by atoms with Gasteiger partial charge in [0.15, 0.2) is 5.82 Å². The van der Waals surface area contributed by atoms with Crippen molar-refractivity contribution in [1.82, 2.24) is 19.9 Å². The molecule has 3 rings (SSSR count). The maximum Gasteiger partial charge on any atom is 0.232 e. The summed E-state index contributed by atoms with van der Waals surface area (Å²) in [4.78, 5) is 15.6. The molecule has 2 heterocycles. The fourth-order valence-corrected chi connectivity index (χ4v) is 1.95. The Kier molecular flexibility index (Phi) is 3.86. The molecule has 7 nitrogen and oxygen atoms in total. The van der Waals surface area contributed by atoms with E-state index in [1.165, 1.54) is 0 Å². The molecule has 3 aromatic rings. The first-order valence-corrected chi connectivity index (χ1v) is 6.57. The number of anilines is 4. The van der Waals surface area contributed by atoms with Crippen LogP contribution >= 0.6 is 0 Å². The van der Waals surface area contributed by atoms with Crippen LogP contribution in [0.3, 0.4) is 0 Å². The number of benzene rings is 1. The lowest BCUT2D eigenvalue weighted by Gasteiger charge is -2.08. The number of aromatic nitrogens is 4. The topological polar surface area (TPSA) is 116 Å². The average molecular weight is 333 g/mol. The van der Waals surface area contributed by atoms with Gasteiger partial charge in [-0.25, -0.2) is 18.2 Å². The molecule has 0 aliphatic heterocycles. The summed E-state index contributed by atoms with van der Waals surface area (Å²) >= 11 is 0. The van der Waals surface area contributed by atoms with E-state index in [9.17, 15) is 13.2 Å². The van der Waals surface area contributed by atoms with Crippen molar-refractivity contribution in [2.45, 2.75) is 0 Å². The van der Waals surface area contributed by atoms with E-state index in [-0.39, 0.29) is 34.9 Å². The van der Waals surface area contributed by atoms with Crippen molar-refractivity contribution < 1.29 is 13.2 Å². The van der Waals surface area contributed by atoms with Gasteiger partial charge in [0, 0.05) is 23.9 Å². The van der Waals surface area contributed by atoms with E-state index in [1.807, 2.05) is 0 Å². The Balaban J connectivity index is 1.99. The standard InChI is InChI=1S/C14H10F3N7/c15-6-1-7(16)3-9(2-6)20-14-23-12(22-13(19)24-14)10-4-8(17)5-11(18)21-10/h1-5H,(H2,18,21)(H3,19,20,22,23,24). The van der Waals surface area contributed by atoms with Gasteiger partial charge in [-0.3, -0.25) is 0 Å². The highest BCUT2D eigenvalue weighted by Gasteiger charge is 2.11. The van der Waals surface area contributed by atoms with Crippen LogP contribution in [-0.2, 0) is 0 Å². The smallest absolute Gasteiger partial charge is 0.232 e. The number of rotatable bonds is 3. The fourth-order valence-electron chi connectivity index (χ4n) is 1.95. The maximum absolute atomic E-state index is 13.4. The largest absolute Gasteiger partial charge is 0.384 e. The third kappa shape index (κ3) is 3.48. The van der Waals surface area contributed by atoms with Gasteiger partial charge in [-0.1, -0.05) is 0 Å². The molecule has 0 spiro atoms. The third-order valence-electron chi connectivity index (χ3n) is 2.81. The van der Waals surface area contributed by atoms with Gasteiger partial charge in [0.25, 0.3) is 0 Å².